The van der Waals surface area contributed by atoms with E-state index >= 15 is 0 Å². The van der Waals surface area contributed by atoms with Crippen molar-refractivity contribution in [3.63, 3.8) is 0 Å². The molecule has 7 heteroatoms. The van der Waals surface area contributed by atoms with Crippen LogP contribution in [-0.4, -0.2) is 18.5 Å². The van der Waals surface area contributed by atoms with Crippen LogP contribution in [0.15, 0.2) is 0 Å². The molecule has 0 saturated carbocycles. The molecule has 0 aliphatic heterocycles. The van der Waals surface area contributed by atoms with Gasteiger partial charge < -0.3 is 0 Å². The molecule has 0 heterocycles. The van der Waals surface area contributed by atoms with Crippen molar-refractivity contribution in [2.45, 2.75) is 38.3 Å². The molecule has 0 aromatic carbocycles. The van der Waals surface area contributed by atoms with Gasteiger partial charge in [-0.15, -0.1) is 0 Å². The summed E-state index contributed by atoms with van der Waals surface area (Å²) in [4.78, 5) is 0. The van der Waals surface area contributed by atoms with Crippen LogP contribution in [0.5, 0.6) is 0 Å². The summed E-state index contributed by atoms with van der Waals surface area (Å²) in [5.41, 5.74) is 0. The molecule has 0 aliphatic carbocycles. The third-order valence-corrected chi connectivity index (χ3v) is 1.64. The number of rotatable bonds is 4. The van der Waals surface area contributed by atoms with Gasteiger partial charge in [-0.25, -0.2) is 17.6 Å². The minimum Gasteiger partial charge on any atom is -0.210 e. The summed E-state index contributed by atoms with van der Waals surface area (Å²) < 4.78 is 84.4. The largest absolute Gasteiger partial charge is 0.403 e. The smallest absolute Gasteiger partial charge is 0.210 e. The van der Waals surface area contributed by atoms with Gasteiger partial charge in [0.25, 0.3) is 12.3 Å². The summed E-state index contributed by atoms with van der Waals surface area (Å²) in [6.07, 6.45) is -11.2. The number of halogens is 7. The van der Waals surface area contributed by atoms with Crippen LogP contribution < -0.4 is 0 Å². The normalized spacial score (nSPS) is 16.1. The lowest BCUT2D eigenvalue weighted by atomic mass is 9.97. The minimum atomic E-state index is -5.58. The van der Waals surface area contributed by atoms with Crippen LogP contribution in [0.25, 0.3) is 0 Å². The second-order valence-electron chi connectivity index (χ2n) is 2.86. The molecule has 0 saturated heterocycles. The summed E-state index contributed by atoms with van der Waals surface area (Å²) in [5.74, 6) is -8.27. The predicted molar refractivity (Wildman–Crippen MR) is 35.4 cm³/mol. The van der Waals surface area contributed by atoms with E-state index in [1.54, 1.807) is 0 Å². The van der Waals surface area contributed by atoms with Gasteiger partial charge >= 0.3 is 6.18 Å². The van der Waals surface area contributed by atoms with E-state index in [0.717, 1.165) is 0 Å². The quantitative estimate of drug-likeness (QED) is 0.638. The highest BCUT2D eigenvalue weighted by Gasteiger charge is 2.59. The molecule has 86 valence electrons. The van der Waals surface area contributed by atoms with Crippen molar-refractivity contribution < 1.29 is 30.7 Å². The van der Waals surface area contributed by atoms with E-state index < -0.39 is 30.9 Å². The van der Waals surface area contributed by atoms with E-state index in [1.165, 1.54) is 6.92 Å². The Kier molecular flexibility index (Phi) is 4.20. The zero-order chi connectivity index (χ0) is 11.6. The first-order chi connectivity index (χ1) is 6.13. The van der Waals surface area contributed by atoms with Gasteiger partial charge in [0.15, 0.2) is 5.92 Å². The van der Waals surface area contributed by atoms with E-state index in [4.69, 9.17) is 0 Å². The zero-order valence-electron chi connectivity index (χ0n) is 7.21. The van der Waals surface area contributed by atoms with Crippen molar-refractivity contribution in [1.82, 2.24) is 0 Å². The summed E-state index contributed by atoms with van der Waals surface area (Å²) >= 11 is 0. The lowest BCUT2D eigenvalue weighted by Crippen LogP contribution is -2.44. The van der Waals surface area contributed by atoms with Crippen LogP contribution in [0.1, 0.15) is 19.8 Å². The van der Waals surface area contributed by atoms with Crippen LogP contribution in [0.2, 0.25) is 0 Å². The highest BCUT2D eigenvalue weighted by Crippen LogP contribution is 2.44. The number of alkyl halides is 7. The Morgan fingerprint density at radius 3 is 1.64 bits per heavy atom. The second kappa shape index (κ2) is 4.35. The maximum absolute atomic E-state index is 12.6. The third kappa shape index (κ3) is 3.34. The molecule has 0 N–H and O–H groups in total. The first-order valence-electron chi connectivity index (χ1n) is 3.85. The van der Waals surface area contributed by atoms with Crippen LogP contribution in [0, 0.1) is 5.92 Å². The monoisotopic (exact) mass is 226 g/mol. The minimum absolute atomic E-state index is 0.285. The molecule has 0 aromatic heterocycles. The fraction of sp³-hybridized carbons (Fsp3) is 1.00. The van der Waals surface area contributed by atoms with Gasteiger partial charge in [0.1, 0.15) is 0 Å². The Bertz CT molecular complexity index is 171. The molecule has 0 rings (SSSR count). The van der Waals surface area contributed by atoms with E-state index in [-0.39, 0.29) is 6.42 Å². The SMILES string of the molecule is CCCC(F)(F)C(C(F)F)C(F)(F)F. The van der Waals surface area contributed by atoms with Crippen LogP contribution in [-0.2, 0) is 0 Å². The summed E-state index contributed by atoms with van der Waals surface area (Å²) in [6.45, 7) is 1.20. The maximum Gasteiger partial charge on any atom is 0.403 e. The van der Waals surface area contributed by atoms with E-state index in [0.29, 0.717) is 0 Å². The van der Waals surface area contributed by atoms with Gasteiger partial charge in [-0.1, -0.05) is 13.3 Å². The fourth-order valence-electron chi connectivity index (χ4n) is 1.06. The van der Waals surface area contributed by atoms with Gasteiger partial charge in [0.2, 0.25) is 0 Å². The Balaban J connectivity index is 4.82. The average molecular weight is 226 g/mol. The van der Waals surface area contributed by atoms with E-state index in [1.807, 2.05) is 0 Å². The molecular weight excluding hydrogens is 217 g/mol. The van der Waals surface area contributed by atoms with Gasteiger partial charge in [-0.3, -0.25) is 0 Å². The molecule has 0 nitrogen and oxygen atoms in total. The predicted octanol–water partition coefficient (Wildman–Crippen LogP) is 3.87. The molecule has 0 bridgehead atoms. The second-order valence-corrected chi connectivity index (χ2v) is 2.86. The first kappa shape index (κ1) is 13.5. The molecular formula is C7H9F7. The molecule has 0 radical (unpaired) electrons. The summed E-state index contributed by atoms with van der Waals surface area (Å²) in [5, 5.41) is 0. The third-order valence-electron chi connectivity index (χ3n) is 1.64. The Labute approximate surface area is 76.1 Å². The summed E-state index contributed by atoms with van der Waals surface area (Å²) in [7, 11) is 0. The topological polar surface area (TPSA) is 0 Å². The molecule has 0 amide bonds. The fourth-order valence-corrected chi connectivity index (χ4v) is 1.06. The van der Waals surface area contributed by atoms with Crippen molar-refractivity contribution in [3.8, 4) is 0 Å². The highest BCUT2D eigenvalue weighted by molar-refractivity contribution is 4.84. The molecule has 0 aromatic rings. The van der Waals surface area contributed by atoms with Crippen LogP contribution in [0.4, 0.5) is 30.7 Å². The van der Waals surface area contributed by atoms with Gasteiger partial charge in [0, 0.05) is 6.42 Å². The van der Waals surface area contributed by atoms with Gasteiger partial charge in [-0.2, -0.15) is 13.2 Å². The van der Waals surface area contributed by atoms with E-state index in [2.05, 4.69) is 0 Å². The molecule has 0 fully saturated rings. The van der Waals surface area contributed by atoms with Gasteiger partial charge in [-0.05, 0) is 0 Å². The zero-order valence-corrected chi connectivity index (χ0v) is 7.21. The molecule has 1 atom stereocenters. The maximum atomic E-state index is 12.6. The average Bonchev–Trinajstić information content (AvgIpc) is 1.78. The van der Waals surface area contributed by atoms with Crippen molar-refractivity contribution in [2.75, 3.05) is 0 Å². The van der Waals surface area contributed by atoms with E-state index in [9.17, 15) is 30.7 Å². The number of hydrogen-bond acceptors (Lipinski definition) is 0. The number of hydrogen-bond donors (Lipinski definition) is 0. The van der Waals surface area contributed by atoms with Crippen molar-refractivity contribution in [3.05, 3.63) is 0 Å². The Morgan fingerprint density at radius 2 is 1.43 bits per heavy atom. The van der Waals surface area contributed by atoms with Crippen molar-refractivity contribution in [2.24, 2.45) is 5.92 Å². The lowest BCUT2D eigenvalue weighted by molar-refractivity contribution is -0.273. The van der Waals surface area contributed by atoms with Crippen LogP contribution >= 0.6 is 0 Å². The standard InChI is InChI=1S/C7H9F7/c1-2-3-6(10,11)4(5(8)9)7(12,13)14/h4-5H,2-3H2,1H3. The molecule has 14 heavy (non-hydrogen) atoms. The Hall–Kier alpha value is -0.490. The van der Waals surface area contributed by atoms with Crippen molar-refractivity contribution in [1.29, 1.82) is 0 Å². The summed E-state index contributed by atoms with van der Waals surface area (Å²) in [6, 6.07) is 0. The van der Waals surface area contributed by atoms with Crippen LogP contribution in [0.3, 0.4) is 0 Å². The lowest BCUT2D eigenvalue weighted by Gasteiger charge is -2.27. The Morgan fingerprint density at radius 1 is 1.00 bits per heavy atom. The molecule has 0 spiro atoms. The molecule has 1 unspecified atom stereocenters. The highest BCUT2D eigenvalue weighted by atomic mass is 19.4. The van der Waals surface area contributed by atoms with Crippen molar-refractivity contribution >= 4 is 0 Å². The van der Waals surface area contributed by atoms with Gasteiger partial charge in [0.05, 0.1) is 0 Å². The molecule has 0 aliphatic rings. The first-order valence-corrected chi connectivity index (χ1v) is 3.85.